The third-order valence-corrected chi connectivity index (χ3v) is 11.3. The number of hydrogen-bond acceptors (Lipinski definition) is 3. The fourth-order valence-electron chi connectivity index (χ4n) is 8.80. The van der Waals surface area contributed by atoms with Gasteiger partial charge in [0.1, 0.15) is 0 Å². The van der Waals surface area contributed by atoms with Crippen LogP contribution in [0.2, 0.25) is 0 Å². The molecule has 0 spiro atoms. The molecule has 57 heavy (non-hydrogen) atoms. The second-order valence-corrected chi connectivity index (χ2v) is 14.5. The summed E-state index contributed by atoms with van der Waals surface area (Å²) >= 11 is 0. The Kier molecular flexibility index (Phi) is 6.83. The molecule has 0 aliphatic heterocycles. The summed E-state index contributed by atoms with van der Waals surface area (Å²) in [6.07, 6.45) is 0. The summed E-state index contributed by atoms with van der Waals surface area (Å²) in [5.74, 6) is 1.79. The van der Waals surface area contributed by atoms with Crippen LogP contribution in [0.4, 0.5) is 0 Å². The van der Waals surface area contributed by atoms with E-state index in [4.69, 9.17) is 15.0 Å². The zero-order chi connectivity index (χ0) is 37.5. The van der Waals surface area contributed by atoms with Gasteiger partial charge < -0.3 is 9.13 Å². The van der Waals surface area contributed by atoms with Crippen molar-refractivity contribution in [3.05, 3.63) is 194 Å². The lowest BCUT2D eigenvalue weighted by Crippen LogP contribution is -2.06. The second-order valence-electron chi connectivity index (χ2n) is 14.5. The minimum absolute atomic E-state index is 0.568. The molecule has 4 heterocycles. The molecule has 0 radical (unpaired) electrons. The first-order valence-corrected chi connectivity index (χ1v) is 19.2. The first-order chi connectivity index (χ1) is 28.3. The minimum Gasteiger partial charge on any atom is -0.309 e. The highest BCUT2D eigenvalue weighted by Crippen LogP contribution is 2.40. The molecule has 0 saturated heterocycles. The number of rotatable bonds is 5. The molecular weight excluding hydrogens is 697 g/mol. The number of para-hydroxylation sites is 5. The third kappa shape index (κ3) is 4.81. The van der Waals surface area contributed by atoms with Crippen molar-refractivity contribution >= 4 is 65.4 Å². The van der Waals surface area contributed by atoms with Crippen molar-refractivity contribution in [3.63, 3.8) is 0 Å². The van der Waals surface area contributed by atoms with E-state index in [1.165, 1.54) is 27.1 Å². The maximum absolute atomic E-state index is 5.34. The first kappa shape index (κ1) is 31.5. The Labute approximate surface area is 327 Å². The van der Waals surface area contributed by atoms with Gasteiger partial charge in [-0.25, -0.2) is 4.98 Å². The predicted octanol–water partition coefficient (Wildman–Crippen LogP) is 12.5. The summed E-state index contributed by atoms with van der Waals surface area (Å²) in [4.78, 5) is 15.8. The molecule has 4 aromatic heterocycles. The van der Waals surface area contributed by atoms with E-state index in [9.17, 15) is 0 Å². The predicted molar refractivity (Wildman–Crippen MR) is 234 cm³/mol. The highest BCUT2D eigenvalue weighted by molar-refractivity contribution is 6.19. The van der Waals surface area contributed by atoms with E-state index in [-0.39, 0.29) is 0 Å². The van der Waals surface area contributed by atoms with Gasteiger partial charge in [-0.05, 0) is 60.7 Å². The molecule has 0 saturated carbocycles. The van der Waals surface area contributed by atoms with Crippen LogP contribution in [0.25, 0.3) is 106 Å². The summed E-state index contributed by atoms with van der Waals surface area (Å²) < 4.78 is 6.92. The van der Waals surface area contributed by atoms with Crippen molar-refractivity contribution in [2.45, 2.75) is 0 Å². The fraction of sp³-hybridized carbons (Fsp3) is 0. The van der Waals surface area contributed by atoms with Gasteiger partial charge in [-0.3, -0.25) is 4.57 Å². The van der Waals surface area contributed by atoms with Gasteiger partial charge >= 0.3 is 0 Å². The highest BCUT2D eigenvalue weighted by atomic mass is 15.2. The number of benzene rings is 8. The lowest BCUT2D eigenvalue weighted by atomic mass is 10.1. The number of hydrogen-bond donors (Lipinski definition) is 0. The molecule has 12 aromatic rings. The maximum atomic E-state index is 5.34. The Morgan fingerprint density at radius 3 is 1.25 bits per heavy atom. The van der Waals surface area contributed by atoms with Gasteiger partial charge in [-0.1, -0.05) is 133 Å². The molecule has 0 amide bonds. The lowest BCUT2D eigenvalue weighted by molar-refractivity contribution is 0.953. The standard InChI is InChI=1S/C51H32N6/c1-3-16-33(17-4-1)49-52-50(34-18-15-21-36(30-34)56-43-26-11-7-22-37(43)38-23-8-12-27-44(38)56)54-51(53-49)57-46-29-14-10-25-40(46)42-31-47-41(32-48(42)57)39-24-9-13-28-45(39)55(47)35-19-5-2-6-20-35/h1-32H. The summed E-state index contributed by atoms with van der Waals surface area (Å²) in [5, 5.41) is 7.07. The van der Waals surface area contributed by atoms with Crippen molar-refractivity contribution in [1.29, 1.82) is 0 Å². The van der Waals surface area contributed by atoms with Gasteiger partial charge in [0.05, 0.1) is 33.1 Å². The van der Waals surface area contributed by atoms with Gasteiger partial charge in [0.2, 0.25) is 5.95 Å². The highest BCUT2D eigenvalue weighted by Gasteiger charge is 2.21. The van der Waals surface area contributed by atoms with Gasteiger partial charge in [-0.2, -0.15) is 9.97 Å². The lowest BCUT2D eigenvalue weighted by Gasteiger charge is -2.13. The number of fused-ring (bicyclic) bond motifs is 9. The van der Waals surface area contributed by atoms with Crippen LogP contribution >= 0.6 is 0 Å². The molecule has 12 rings (SSSR count). The summed E-state index contributed by atoms with van der Waals surface area (Å²) in [6, 6.07) is 68.4. The third-order valence-electron chi connectivity index (χ3n) is 11.3. The van der Waals surface area contributed by atoms with Crippen LogP contribution in [0.1, 0.15) is 0 Å². The minimum atomic E-state index is 0.568. The number of nitrogens with zero attached hydrogens (tertiary/aromatic N) is 6. The Hall–Kier alpha value is -7.83. The maximum Gasteiger partial charge on any atom is 0.238 e. The van der Waals surface area contributed by atoms with Crippen LogP contribution in [0.5, 0.6) is 0 Å². The molecule has 0 atom stereocenters. The van der Waals surface area contributed by atoms with Crippen LogP contribution in [0.3, 0.4) is 0 Å². The van der Waals surface area contributed by atoms with Crippen LogP contribution in [-0.2, 0) is 0 Å². The molecule has 0 aliphatic rings. The van der Waals surface area contributed by atoms with Crippen LogP contribution in [0, 0.1) is 0 Å². The van der Waals surface area contributed by atoms with Crippen molar-refractivity contribution in [2.24, 2.45) is 0 Å². The van der Waals surface area contributed by atoms with Gasteiger partial charge in [0.15, 0.2) is 11.6 Å². The van der Waals surface area contributed by atoms with Crippen LogP contribution in [0.15, 0.2) is 194 Å². The Bertz CT molecular complexity index is 3470. The van der Waals surface area contributed by atoms with E-state index in [0.717, 1.165) is 60.9 Å². The van der Waals surface area contributed by atoms with E-state index in [1.807, 2.05) is 18.2 Å². The molecule has 6 nitrogen and oxygen atoms in total. The van der Waals surface area contributed by atoms with E-state index in [2.05, 4.69) is 190 Å². The van der Waals surface area contributed by atoms with Crippen LogP contribution < -0.4 is 0 Å². The van der Waals surface area contributed by atoms with Crippen molar-refractivity contribution in [3.8, 4) is 40.1 Å². The molecule has 0 N–H and O–H groups in total. The average Bonchev–Trinajstić information content (AvgIpc) is 3.91. The van der Waals surface area contributed by atoms with Gasteiger partial charge in [-0.15, -0.1) is 0 Å². The molecule has 8 aromatic carbocycles. The zero-order valence-corrected chi connectivity index (χ0v) is 30.7. The van der Waals surface area contributed by atoms with E-state index in [0.29, 0.717) is 17.6 Å². The topological polar surface area (TPSA) is 53.5 Å². The molecule has 6 heteroatoms. The Morgan fingerprint density at radius 2 is 0.667 bits per heavy atom. The molecule has 0 aliphatic carbocycles. The SMILES string of the molecule is c1ccc(-c2nc(-c3cccc(-n4c5ccccc5c5ccccc54)c3)nc(-n3c4ccccc4c4cc5c(cc43)c3ccccc3n5-c3ccccc3)n2)cc1. The first-order valence-electron chi connectivity index (χ1n) is 19.2. The summed E-state index contributed by atoms with van der Waals surface area (Å²) in [6.45, 7) is 0. The second kappa shape index (κ2) is 12.3. The van der Waals surface area contributed by atoms with E-state index >= 15 is 0 Å². The van der Waals surface area contributed by atoms with E-state index < -0.39 is 0 Å². The quantitative estimate of drug-likeness (QED) is 0.177. The number of aromatic nitrogens is 6. The molecule has 266 valence electrons. The Balaban J connectivity index is 1.13. The molecule has 0 bridgehead atoms. The summed E-state index contributed by atoms with van der Waals surface area (Å²) in [7, 11) is 0. The fourth-order valence-corrected chi connectivity index (χ4v) is 8.80. The molecule has 0 unspecified atom stereocenters. The van der Waals surface area contributed by atoms with Gasteiger partial charge in [0.25, 0.3) is 0 Å². The Morgan fingerprint density at radius 1 is 0.263 bits per heavy atom. The van der Waals surface area contributed by atoms with E-state index in [1.54, 1.807) is 0 Å². The van der Waals surface area contributed by atoms with Crippen molar-refractivity contribution < 1.29 is 0 Å². The monoisotopic (exact) mass is 728 g/mol. The average molecular weight is 729 g/mol. The molecule has 0 fully saturated rings. The van der Waals surface area contributed by atoms with Crippen molar-refractivity contribution in [2.75, 3.05) is 0 Å². The normalized spacial score (nSPS) is 11.9. The smallest absolute Gasteiger partial charge is 0.238 e. The van der Waals surface area contributed by atoms with Crippen LogP contribution in [-0.4, -0.2) is 28.7 Å². The summed E-state index contributed by atoms with van der Waals surface area (Å²) in [5.41, 5.74) is 10.7. The van der Waals surface area contributed by atoms with Gasteiger partial charge in [0, 0.05) is 54.8 Å². The van der Waals surface area contributed by atoms with Crippen molar-refractivity contribution in [1.82, 2.24) is 28.7 Å². The zero-order valence-electron chi connectivity index (χ0n) is 30.7. The largest absolute Gasteiger partial charge is 0.309 e. The molecular formula is C51H32N6.